The van der Waals surface area contributed by atoms with Gasteiger partial charge >= 0.3 is 0 Å². The van der Waals surface area contributed by atoms with Gasteiger partial charge in [-0.2, -0.15) is 0 Å². The predicted molar refractivity (Wildman–Crippen MR) is 108 cm³/mol. The van der Waals surface area contributed by atoms with E-state index in [1.54, 1.807) is 26.2 Å². The lowest BCUT2D eigenvalue weighted by Gasteiger charge is -2.33. The topological polar surface area (TPSA) is 67.9 Å². The number of nitrogens with zero attached hydrogens (tertiary/aromatic N) is 1. The normalized spacial score (nSPS) is 17.0. The molecule has 2 aromatic carbocycles. The molecule has 28 heavy (non-hydrogen) atoms. The van der Waals surface area contributed by atoms with Gasteiger partial charge < -0.3 is 14.8 Å². The minimum absolute atomic E-state index is 0.0527. The zero-order chi connectivity index (χ0) is 20.3. The molecule has 2 amide bonds. The number of hydrogen-bond acceptors (Lipinski definition) is 4. The summed E-state index contributed by atoms with van der Waals surface area (Å²) in [5.74, 6) is 1.12. The Hall–Kier alpha value is -3.02. The molecule has 1 aliphatic heterocycles. The maximum atomic E-state index is 12.8. The summed E-state index contributed by atoms with van der Waals surface area (Å²) in [6.45, 7) is 5.74. The molecule has 2 atom stereocenters. The van der Waals surface area contributed by atoms with Crippen molar-refractivity contribution in [2.75, 3.05) is 18.6 Å². The van der Waals surface area contributed by atoms with Crippen molar-refractivity contribution in [3.8, 4) is 11.5 Å². The van der Waals surface area contributed by atoms with Crippen molar-refractivity contribution >= 4 is 17.5 Å². The largest absolute Gasteiger partial charge is 0.497 e. The van der Waals surface area contributed by atoms with Gasteiger partial charge in [0.2, 0.25) is 5.91 Å². The molecule has 0 aromatic heterocycles. The number of carbonyl (C=O) groups excluding carboxylic acids is 2. The van der Waals surface area contributed by atoms with Crippen molar-refractivity contribution in [3.63, 3.8) is 0 Å². The van der Waals surface area contributed by atoms with Crippen molar-refractivity contribution in [2.45, 2.75) is 32.9 Å². The van der Waals surface area contributed by atoms with Crippen LogP contribution in [0.1, 0.15) is 32.4 Å². The summed E-state index contributed by atoms with van der Waals surface area (Å²) in [5, 5.41) is 3.07. The summed E-state index contributed by atoms with van der Waals surface area (Å²) in [7, 11) is 1.62. The maximum Gasteiger partial charge on any atom is 0.268 e. The molecule has 0 spiro atoms. The SMILES string of the molecule is COc1ccc(C(NC(=O)CN2C(=O)C(C)Oc3ccccc32)C(C)C)cc1. The molecule has 6 nitrogen and oxygen atoms in total. The molecule has 2 unspecified atom stereocenters. The summed E-state index contributed by atoms with van der Waals surface area (Å²) in [6, 6.07) is 14.7. The fourth-order valence-electron chi connectivity index (χ4n) is 3.33. The molecule has 148 valence electrons. The lowest BCUT2D eigenvalue weighted by atomic mass is 9.96. The average Bonchev–Trinajstić information content (AvgIpc) is 2.69. The number of fused-ring (bicyclic) bond motifs is 1. The Morgan fingerprint density at radius 1 is 1.18 bits per heavy atom. The van der Waals surface area contributed by atoms with Crippen LogP contribution in [0.15, 0.2) is 48.5 Å². The smallest absolute Gasteiger partial charge is 0.268 e. The van der Waals surface area contributed by atoms with Crippen LogP contribution < -0.4 is 19.7 Å². The molecule has 2 aromatic rings. The fraction of sp³-hybridized carbons (Fsp3) is 0.364. The van der Waals surface area contributed by atoms with E-state index in [4.69, 9.17) is 9.47 Å². The summed E-state index contributed by atoms with van der Waals surface area (Å²) < 4.78 is 10.8. The van der Waals surface area contributed by atoms with Gasteiger partial charge in [-0.15, -0.1) is 0 Å². The van der Waals surface area contributed by atoms with Gasteiger partial charge in [-0.3, -0.25) is 14.5 Å². The van der Waals surface area contributed by atoms with Crippen LogP contribution in [0.5, 0.6) is 11.5 Å². The van der Waals surface area contributed by atoms with Gasteiger partial charge in [-0.25, -0.2) is 0 Å². The average molecular weight is 382 g/mol. The first-order valence-corrected chi connectivity index (χ1v) is 9.41. The summed E-state index contributed by atoms with van der Waals surface area (Å²) in [5.41, 5.74) is 1.61. The van der Waals surface area contributed by atoms with Crippen molar-refractivity contribution in [1.29, 1.82) is 0 Å². The molecule has 1 heterocycles. The van der Waals surface area contributed by atoms with Crippen LogP contribution in [-0.2, 0) is 9.59 Å². The molecule has 0 bridgehead atoms. The Morgan fingerprint density at radius 2 is 1.86 bits per heavy atom. The zero-order valence-corrected chi connectivity index (χ0v) is 16.6. The number of rotatable bonds is 6. The van der Waals surface area contributed by atoms with Crippen molar-refractivity contribution < 1.29 is 19.1 Å². The Morgan fingerprint density at radius 3 is 2.50 bits per heavy atom. The van der Waals surface area contributed by atoms with Gasteiger partial charge in [-0.1, -0.05) is 38.1 Å². The number of amides is 2. The molecule has 0 saturated heterocycles. The summed E-state index contributed by atoms with van der Waals surface area (Å²) in [6.07, 6.45) is -0.620. The molecule has 1 aliphatic rings. The molecule has 0 saturated carbocycles. The third-order valence-corrected chi connectivity index (χ3v) is 4.83. The van der Waals surface area contributed by atoms with Gasteiger partial charge in [0.05, 0.1) is 18.8 Å². The number of methoxy groups -OCH3 is 1. The van der Waals surface area contributed by atoms with Gasteiger partial charge in [0.1, 0.15) is 18.0 Å². The quantitative estimate of drug-likeness (QED) is 0.832. The Bertz CT molecular complexity index is 848. The fourth-order valence-corrected chi connectivity index (χ4v) is 3.33. The molecular formula is C22H26N2O4. The van der Waals surface area contributed by atoms with Crippen LogP contribution in [-0.4, -0.2) is 31.6 Å². The highest BCUT2D eigenvalue weighted by molar-refractivity contribution is 6.03. The van der Waals surface area contributed by atoms with Crippen molar-refractivity contribution in [3.05, 3.63) is 54.1 Å². The van der Waals surface area contributed by atoms with E-state index in [2.05, 4.69) is 5.32 Å². The number of hydrogen-bond donors (Lipinski definition) is 1. The van der Waals surface area contributed by atoms with Crippen LogP contribution >= 0.6 is 0 Å². The Labute approximate surface area is 165 Å². The monoisotopic (exact) mass is 382 g/mol. The number of carbonyl (C=O) groups is 2. The third-order valence-electron chi connectivity index (χ3n) is 4.83. The molecule has 3 rings (SSSR count). The van der Waals surface area contributed by atoms with E-state index in [1.165, 1.54) is 4.90 Å². The maximum absolute atomic E-state index is 12.8. The number of anilines is 1. The second kappa shape index (κ2) is 8.33. The van der Waals surface area contributed by atoms with Gasteiger partial charge in [-0.05, 0) is 42.7 Å². The van der Waals surface area contributed by atoms with E-state index in [9.17, 15) is 9.59 Å². The van der Waals surface area contributed by atoms with E-state index in [0.29, 0.717) is 11.4 Å². The molecule has 1 N–H and O–H groups in total. The van der Waals surface area contributed by atoms with Gasteiger partial charge in [0.15, 0.2) is 6.10 Å². The Kier molecular flexibility index (Phi) is 5.87. The first kappa shape index (κ1) is 19.7. The minimum atomic E-state index is -0.620. The molecule has 0 radical (unpaired) electrons. The highest BCUT2D eigenvalue weighted by Crippen LogP contribution is 2.33. The summed E-state index contributed by atoms with van der Waals surface area (Å²) in [4.78, 5) is 26.9. The first-order valence-electron chi connectivity index (χ1n) is 9.41. The molecule has 6 heteroatoms. The number of benzene rings is 2. The zero-order valence-electron chi connectivity index (χ0n) is 16.6. The standard InChI is InChI=1S/C22H26N2O4/c1-14(2)21(16-9-11-17(27-4)12-10-16)23-20(25)13-24-18-7-5-6-8-19(18)28-15(3)22(24)26/h5-12,14-15,21H,13H2,1-4H3,(H,23,25). The van der Waals surface area contributed by atoms with E-state index in [-0.39, 0.29) is 30.3 Å². The Balaban J connectivity index is 1.76. The first-order chi connectivity index (χ1) is 13.4. The predicted octanol–water partition coefficient (Wildman–Crippen LogP) is 3.32. The van der Waals surface area contributed by atoms with Crippen LogP contribution in [0, 0.1) is 5.92 Å². The number of ether oxygens (including phenoxy) is 2. The van der Waals surface area contributed by atoms with E-state index >= 15 is 0 Å². The number of nitrogens with one attached hydrogen (secondary N) is 1. The van der Waals surface area contributed by atoms with Crippen molar-refractivity contribution in [1.82, 2.24) is 5.32 Å². The van der Waals surface area contributed by atoms with Gasteiger partial charge in [0.25, 0.3) is 5.91 Å². The van der Waals surface area contributed by atoms with Gasteiger partial charge in [0, 0.05) is 0 Å². The van der Waals surface area contributed by atoms with Crippen LogP contribution in [0.2, 0.25) is 0 Å². The van der Waals surface area contributed by atoms with Crippen LogP contribution in [0.25, 0.3) is 0 Å². The highest BCUT2D eigenvalue weighted by Gasteiger charge is 2.33. The molecule has 0 fully saturated rings. The lowest BCUT2D eigenvalue weighted by Crippen LogP contribution is -2.49. The minimum Gasteiger partial charge on any atom is -0.497 e. The van der Waals surface area contributed by atoms with E-state index < -0.39 is 6.10 Å². The highest BCUT2D eigenvalue weighted by atomic mass is 16.5. The number of para-hydroxylation sites is 2. The summed E-state index contributed by atoms with van der Waals surface area (Å²) >= 11 is 0. The van der Waals surface area contributed by atoms with Crippen LogP contribution in [0.4, 0.5) is 5.69 Å². The van der Waals surface area contributed by atoms with E-state index in [0.717, 1.165) is 11.3 Å². The molecular weight excluding hydrogens is 356 g/mol. The van der Waals surface area contributed by atoms with Crippen LogP contribution in [0.3, 0.4) is 0 Å². The van der Waals surface area contributed by atoms with Crippen molar-refractivity contribution in [2.24, 2.45) is 5.92 Å². The molecule has 0 aliphatic carbocycles. The third kappa shape index (κ3) is 4.11. The second-order valence-electron chi connectivity index (χ2n) is 7.21. The van der Waals surface area contributed by atoms with E-state index in [1.807, 2.05) is 50.2 Å². The lowest BCUT2D eigenvalue weighted by molar-refractivity contribution is -0.128. The second-order valence-corrected chi connectivity index (χ2v) is 7.21.